The lowest BCUT2D eigenvalue weighted by Gasteiger charge is -1.87. The number of phosphoric acid groups is 1. The Morgan fingerprint density at radius 1 is 1.29 bits per heavy atom. The zero-order valence-electron chi connectivity index (χ0n) is 8.33. The van der Waals surface area contributed by atoms with E-state index < -0.39 is 14.9 Å². The van der Waals surface area contributed by atoms with E-state index in [4.69, 9.17) is 29.3 Å². The second-order valence-corrected chi connectivity index (χ2v) is 5.09. The maximum atomic E-state index is 8.88. The predicted octanol–water partition coefficient (Wildman–Crippen LogP) is -0.953. The van der Waals surface area contributed by atoms with Crippen LogP contribution in [0.4, 0.5) is 0 Å². The lowest BCUT2D eigenvalue weighted by atomic mass is 9.89. The molecule has 0 unspecified atom stereocenters. The van der Waals surface area contributed by atoms with E-state index in [1.165, 1.54) is 11.3 Å². The van der Waals surface area contributed by atoms with Crippen LogP contribution in [0.25, 0.3) is 10.1 Å². The van der Waals surface area contributed by atoms with Gasteiger partial charge in [0.15, 0.2) is 0 Å². The van der Waals surface area contributed by atoms with Crippen molar-refractivity contribution < 1.29 is 29.3 Å². The lowest BCUT2D eigenvalue weighted by Crippen LogP contribution is -2.26. The van der Waals surface area contributed by atoms with E-state index in [0.717, 1.165) is 10.1 Å². The number of hydrogen-bond acceptors (Lipinski definition) is 5. The van der Waals surface area contributed by atoms with Gasteiger partial charge in [0.25, 0.3) is 0 Å². The molecule has 2 aromatic heterocycles. The average molecular weight is 277 g/mol. The van der Waals surface area contributed by atoms with Crippen LogP contribution >= 0.6 is 19.2 Å². The summed E-state index contributed by atoms with van der Waals surface area (Å²) >= 11 is 1.37. The molecule has 0 aliphatic heterocycles. The summed E-state index contributed by atoms with van der Waals surface area (Å²) in [7, 11) is -6.01. The van der Waals surface area contributed by atoms with Crippen molar-refractivity contribution in [3.63, 3.8) is 0 Å². The highest BCUT2D eigenvalue weighted by Crippen LogP contribution is 2.25. The van der Waals surface area contributed by atoms with Crippen molar-refractivity contribution in [2.24, 2.45) is 0 Å². The molecule has 0 atom stereocenters. The van der Waals surface area contributed by atoms with Crippen LogP contribution < -0.4 is 4.78 Å². The molecular weight excluding hydrogens is 268 g/mol. The third kappa shape index (κ3) is 5.38. The Kier molecular flexibility index (Phi) is 4.78. The van der Waals surface area contributed by atoms with Crippen LogP contribution in [-0.2, 0) is 4.57 Å². The minimum atomic E-state index is -4.64. The van der Waals surface area contributed by atoms with Gasteiger partial charge in [-0.1, -0.05) is 0 Å². The fraction of sp³-hybridized carbons (Fsp3) is 0. The molecule has 0 aliphatic carbocycles. The highest BCUT2D eigenvalue weighted by molar-refractivity contribution is 7.45. The molecule has 0 saturated heterocycles. The molecule has 10 heteroatoms. The zero-order chi connectivity index (χ0) is 13.1. The second kappa shape index (κ2) is 5.70. The molecule has 92 valence electrons. The van der Waals surface area contributed by atoms with Gasteiger partial charge in [-0.05, 0) is 12.1 Å². The molecule has 2 aromatic rings. The second-order valence-electron chi connectivity index (χ2n) is 2.95. The Balaban J connectivity index is 0.000000249. The van der Waals surface area contributed by atoms with Crippen LogP contribution in [0.2, 0.25) is 0 Å². The van der Waals surface area contributed by atoms with Gasteiger partial charge in [0, 0.05) is 27.3 Å². The molecule has 0 aliphatic rings. The number of hydrogen-bond donors (Lipinski definition) is 5. The Morgan fingerprint density at radius 3 is 2.35 bits per heavy atom. The predicted molar refractivity (Wildman–Crippen MR) is 63.7 cm³/mol. The molecule has 0 aromatic carbocycles. The molecule has 0 radical (unpaired) electrons. The van der Waals surface area contributed by atoms with Crippen LogP contribution in [-0.4, -0.2) is 36.8 Å². The number of rotatable bonds is 1. The van der Waals surface area contributed by atoms with Gasteiger partial charge in [-0.2, -0.15) is 0 Å². The summed E-state index contributed by atoms with van der Waals surface area (Å²) in [5, 5.41) is 18.7. The molecule has 2 heterocycles. The van der Waals surface area contributed by atoms with E-state index >= 15 is 0 Å². The normalized spacial score (nSPS) is 10.9. The molecule has 0 spiro atoms. The molecule has 2 rings (SSSR count). The van der Waals surface area contributed by atoms with Gasteiger partial charge in [0.05, 0.1) is 0 Å². The van der Waals surface area contributed by atoms with E-state index in [1.807, 2.05) is 6.07 Å². The van der Waals surface area contributed by atoms with Crippen molar-refractivity contribution in [2.75, 3.05) is 0 Å². The molecule has 0 amide bonds. The zero-order valence-corrected chi connectivity index (χ0v) is 10.0. The van der Waals surface area contributed by atoms with Crippen LogP contribution in [0, 0.1) is 0 Å². The quantitative estimate of drug-likeness (QED) is 0.335. The number of aromatic nitrogens is 1. The fourth-order valence-electron chi connectivity index (χ4n) is 1.03. The fourth-order valence-corrected chi connectivity index (χ4v) is 1.94. The van der Waals surface area contributed by atoms with Crippen LogP contribution in [0.1, 0.15) is 0 Å². The molecule has 0 saturated carbocycles. The molecule has 0 fully saturated rings. The standard InChI is InChI=1S/C7H6BNO2S.H3O4P/c10-8(11)7-3-5-4-9-2-1-6(5)12-7;1-5(2,3)4/h1-4,10-11H;(H3,1,2,3,4). The van der Waals surface area contributed by atoms with Crippen LogP contribution in [0.15, 0.2) is 24.5 Å². The van der Waals surface area contributed by atoms with Crippen molar-refractivity contribution in [3.8, 4) is 0 Å². The summed E-state index contributed by atoms with van der Waals surface area (Å²) < 4.78 is 10.5. The van der Waals surface area contributed by atoms with E-state index in [9.17, 15) is 0 Å². The highest BCUT2D eigenvalue weighted by atomic mass is 32.1. The van der Waals surface area contributed by atoms with Crippen molar-refractivity contribution in [2.45, 2.75) is 0 Å². The van der Waals surface area contributed by atoms with E-state index in [0.29, 0.717) is 4.78 Å². The molecular formula is C7H9BNO6PS. The maximum Gasteiger partial charge on any atom is 0.499 e. The SMILES string of the molecule is O=P(O)(O)O.OB(O)c1cc2cnccc2s1. The first-order chi connectivity index (χ1) is 7.77. The summed E-state index contributed by atoms with van der Waals surface area (Å²) in [4.78, 5) is 25.5. The monoisotopic (exact) mass is 277 g/mol. The lowest BCUT2D eigenvalue weighted by molar-refractivity contribution is 0.275. The van der Waals surface area contributed by atoms with Gasteiger partial charge in [-0.15, -0.1) is 11.3 Å². The number of pyridine rings is 1. The van der Waals surface area contributed by atoms with E-state index in [2.05, 4.69) is 4.98 Å². The van der Waals surface area contributed by atoms with Gasteiger partial charge >= 0.3 is 14.9 Å². The summed E-state index contributed by atoms with van der Waals surface area (Å²) in [6, 6.07) is 3.59. The molecule has 5 N–H and O–H groups in total. The minimum Gasteiger partial charge on any atom is -0.423 e. The summed E-state index contributed by atoms with van der Waals surface area (Å²) in [5.74, 6) is 0. The van der Waals surface area contributed by atoms with Crippen LogP contribution in [0.5, 0.6) is 0 Å². The third-order valence-corrected chi connectivity index (χ3v) is 2.75. The largest absolute Gasteiger partial charge is 0.499 e. The minimum absolute atomic E-state index is 0.554. The number of nitrogens with zero attached hydrogens (tertiary/aromatic N) is 1. The van der Waals surface area contributed by atoms with Gasteiger partial charge in [-0.25, -0.2) is 4.57 Å². The topological polar surface area (TPSA) is 131 Å². The Bertz CT molecular complexity index is 499. The van der Waals surface area contributed by atoms with Crippen molar-refractivity contribution in [3.05, 3.63) is 24.5 Å². The van der Waals surface area contributed by atoms with Crippen molar-refractivity contribution in [1.82, 2.24) is 4.98 Å². The smallest absolute Gasteiger partial charge is 0.423 e. The van der Waals surface area contributed by atoms with Crippen LogP contribution in [0.3, 0.4) is 0 Å². The Labute approximate surface area is 100 Å². The van der Waals surface area contributed by atoms with Gasteiger partial charge in [0.1, 0.15) is 0 Å². The number of fused-ring (bicyclic) bond motifs is 1. The van der Waals surface area contributed by atoms with Gasteiger partial charge in [-0.3, -0.25) is 4.98 Å². The number of thiophene rings is 1. The third-order valence-electron chi connectivity index (χ3n) is 1.59. The van der Waals surface area contributed by atoms with Crippen molar-refractivity contribution >= 4 is 41.1 Å². The van der Waals surface area contributed by atoms with Crippen molar-refractivity contribution in [1.29, 1.82) is 0 Å². The summed E-state index contributed by atoms with van der Waals surface area (Å²) in [6.45, 7) is 0. The Hall–Kier alpha value is -0.795. The Morgan fingerprint density at radius 2 is 1.88 bits per heavy atom. The molecule has 7 nitrogen and oxygen atoms in total. The summed E-state index contributed by atoms with van der Waals surface area (Å²) in [5.41, 5.74) is 0. The first kappa shape index (κ1) is 14.3. The van der Waals surface area contributed by atoms with E-state index in [-0.39, 0.29) is 0 Å². The average Bonchev–Trinajstić information content (AvgIpc) is 2.58. The molecule has 0 bridgehead atoms. The molecule has 17 heavy (non-hydrogen) atoms. The van der Waals surface area contributed by atoms with Gasteiger partial charge in [0.2, 0.25) is 0 Å². The van der Waals surface area contributed by atoms with E-state index in [1.54, 1.807) is 18.5 Å². The first-order valence-corrected chi connectivity index (χ1v) is 6.63. The summed E-state index contributed by atoms with van der Waals surface area (Å²) in [6.07, 6.45) is 3.39. The first-order valence-electron chi connectivity index (χ1n) is 4.25. The highest BCUT2D eigenvalue weighted by Gasteiger charge is 2.13. The van der Waals surface area contributed by atoms with Gasteiger partial charge < -0.3 is 24.7 Å². The maximum absolute atomic E-state index is 8.88.